The molecule has 0 saturated carbocycles. The summed E-state index contributed by atoms with van der Waals surface area (Å²) in [6, 6.07) is 5.39. The number of alkyl halides is 3. The highest BCUT2D eigenvalue weighted by atomic mass is 32.2. The van der Waals surface area contributed by atoms with E-state index in [4.69, 9.17) is 5.26 Å². The van der Waals surface area contributed by atoms with E-state index in [2.05, 4.69) is 0 Å². The molecule has 0 aliphatic carbocycles. The lowest BCUT2D eigenvalue weighted by Crippen LogP contribution is -2.10. The third kappa shape index (κ3) is 3.74. The molecule has 1 aromatic carbocycles. The van der Waals surface area contributed by atoms with Crippen LogP contribution >= 0.6 is 0 Å². The number of unbranched alkanes of at least 4 members (excludes halogenated alkanes) is 1. The first kappa shape index (κ1) is 14.5. The van der Waals surface area contributed by atoms with Crippen molar-refractivity contribution in [2.45, 2.75) is 23.9 Å². The number of halogens is 3. The highest BCUT2D eigenvalue weighted by Crippen LogP contribution is 2.30. The fourth-order valence-corrected chi connectivity index (χ4v) is 2.68. The van der Waals surface area contributed by atoms with Gasteiger partial charge >= 0.3 is 6.18 Å². The second kappa shape index (κ2) is 5.40. The molecule has 0 unspecified atom stereocenters. The maximum atomic E-state index is 12.4. The fraction of sp³-hybridized carbons (Fsp3) is 0.364. The van der Waals surface area contributed by atoms with Gasteiger partial charge in [-0.25, -0.2) is 8.42 Å². The maximum Gasteiger partial charge on any atom is 0.416 e. The van der Waals surface area contributed by atoms with Crippen molar-refractivity contribution in [3.8, 4) is 6.07 Å². The van der Waals surface area contributed by atoms with E-state index in [1.54, 1.807) is 6.07 Å². The van der Waals surface area contributed by atoms with Gasteiger partial charge in [-0.3, -0.25) is 0 Å². The summed E-state index contributed by atoms with van der Waals surface area (Å²) in [5, 5.41) is 8.29. The number of nitrogens with zero attached hydrogens (tertiary/aromatic N) is 1. The van der Waals surface area contributed by atoms with Gasteiger partial charge in [-0.05, 0) is 24.6 Å². The zero-order valence-electron chi connectivity index (χ0n) is 9.24. The molecule has 18 heavy (non-hydrogen) atoms. The van der Waals surface area contributed by atoms with E-state index in [1.165, 1.54) is 0 Å². The van der Waals surface area contributed by atoms with Crippen molar-refractivity contribution in [2.75, 3.05) is 5.75 Å². The SMILES string of the molecule is N#CCCCS(=O)(=O)c1cccc(C(F)(F)F)c1. The average Bonchev–Trinajstić information content (AvgIpc) is 2.28. The Kier molecular flexibility index (Phi) is 4.35. The topological polar surface area (TPSA) is 57.9 Å². The lowest BCUT2D eigenvalue weighted by molar-refractivity contribution is -0.137. The zero-order valence-corrected chi connectivity index (χ0v) is 10.1. The second-order valence-electron chi connectivity index (χ2n) is 3.61. The molecule has 1 aromatic rings. The summed E-state index contributed by atoms with van der Waals surface area (Å²) in [6.45, 7) is 0. The average molecular weight is 277 g/mol. The van der Waals surface area contributed by atoms with Crippen LogP contribution in [-0.2, 0) is 16.0 Å². The molecule has 7 heteroatoms. The Bertz CT molecular complexity index is 558. The highest BCUT2D eigenvalue weighted by Gasteiger charge is 2.31. The zero-order chi connectivity index (χ0) is 13.8. The van der Waals surface area contributed by atoms with Gasteiger partial charge in [0.1, 0.15) is 0 Å². The second-order valence-corrected chi connectivity index (χ2v) is 5.72. The van der Waals surface area contributed by atoms with Crippen LogP contribution < -0.4 is 0 Å². The van der Waals surface area contributed by atoms with E-state index in [1.807, 2.05) is 0 Å². The lowest BCUT2D eigenvalue weighted by atomic mass is 10.2. The molecule has 0 N–H and O–H groups in total. The summed E-state index contributed by atoms with van der Waals surface area (Å²) in [4.78, 5) is -0.365. The molecule has 0 aliphatic rings. The molecule has 0 radical (unpaired) electrons. The van der Waals surface area contributed by atoms with Crippen LogP contribution in [0.3, 0.4) is 0 Å². The fourth-order valence-electron chi connectivity index (χ4n) is 1.32. The van der Waals surface area contributed by atoms with Gasteiger partial charge in [0.05, 0.1) is 22.3 Å². The van der Waals surface area contributed by atoms with Crippen LogP contribution in [0, 0.1) is 11.3 Å². The van der Waals surface area contributed by atoms with Crippen molar-refractivity contribution >= 4 is 9.84 Å². The van der Waals surface area contributed by atoms with E-state index in [0.717, 1.165) is 18.2 Å². The van der Waals surface area contributed by atoms with Gasteiger partial charge in [-0.2, -0.15) is 18.4 Å². The normalized spacial score (nSPS) is 12.1. The number of rotatable bonds is 4. The molecule has 1 rings (SSSR count). The summed E-state index contributed by atoms with van der Waals surface area (Å²) in [6.07, 6.45) is -4.41. The minimum Gasteiger partial charge on any atom is -0.224 e. The molecule has 0 saturated heterocycles. The number of nitriles is 1. The molecule has 98 valence electrons. The summed E-state index contributed by atoms with van der Waals surface area (Å²) >= 11 is 0. The van der Waals surface area contributed by atoms with Crippen molar-refractivity contribution in [1.29, 1.82) is 5.26 Å². The largest absolute Gasteiger partial charge is 0.416 e. The van der Waals surface area contributed by atoms with Crippen LogP contribution in [0.2, 0.25) is 0 Å². The molecule has 0 aromatic heterocycles. The Morgan fingerprint density at radius 2 is 1.94 bits per heavy atom. The first-order valence-electron chi connectivity index (χ1n) is 5.04. The quantitative estimate of drug-likeness (QED) is 0.795. The minimum atomic E-state index is -4.57. The standard InChI is InChI=1S/C11H10F3NO2S/c12-11(13,14)9-4-3-5-10(8-9)18(16,17)7-2-1-6-15/h3-5,8H,1-2,7H2. The molecule has 0 atom stereocenters. The van der Waals surface area contributed by atoms with Crippen molar-refractivity contribution < 1.29 is 21.6 Å². The summed E-state index contributed by atoms with van der Waals surface area (Å²) in [5.74, 6) is -0.331. The monoisotopic (exact) mass is 277 g/mol. The summed E-state index contributed by atoms with van der Waals surface area (Å²) in [7, 11) is -3.77. The maximum absolute atomic E-state index is 12.4. The number of benzene rings is 1. The first-order valence-corrected chi connectivity index (χ1v) is 6.69. The van der Waals surface area contributed by atoms with E-state index in [0.29, 0.717) is 6.07 Å². The number of hydrogen-bond acceptors (Lipinski definition) is 3. The van der Waals surface area contributed by atoms with Gasteiger partial charge in [0.25, 0.3) is 0 Å². The van der Waals surface area contributed by atoms with Gasteiger partial charge < -0.3 is 0 Å². The Balaban J connectivity index is 3.00. The molecule has 0 amide bonds. The van der Waals surface area contributed by atoms with E-state index >= 15 is 0 Å². The Morgan fingerprint density at radius 1 is 1.28 bits per heavy atom. The van der Waals surface area contributed by atoms with Crippen molar-refractivity contribution in [3.05, 3.63) is 29.8 Å². The van der Waals surface area contributed by atoms with Gasteiger partial charge in [-0.15, -0.1) is 0 Å². The van der Waals surface area contributed by atoms with E-state index in [9.17, 15) is 21.6 Å². The summed E-state index contributed by atoms with van der Waals surface area (Å²) in [5.41, 5.74) is -0.996. The van der Waals surface area contributed by atoms with Crippen LogP contribution in [0.4, 0.5) is 13.2 Å². The molecule has 3 nitrogen and oxygen atoms in total. The van der Waals surface area contributed by atoms with Crippen LogP contribution in [0.1, 0.15) is 18.4 Å². The molecule has 0 aliphatic heterocycles. The van der Waals surface area contributed by atoms with Gasteiger partial charge in [-0.1, -0.05) is 6.07 Å². The van der Waals surface area contributed by atoms with Crippen LogP contribution in [0.5, 0.6) is 0 Å². The molecule has 0 spiro atoms. The number of hydrogen-bond donors (Lipinski definition) is 0. The Labute approximate surface area is 103 Å². The van der Waals surface area contributed by atoms with Crippen LogP contribution in [-0.4, -0.2) is 14.2 Å². The smallest absolute Gasteiger partial charge is 0.224 e. The van der Waals surface area contributed by atoms with Crippen LogP contribution in [0.25, 0.3) is 0 Å². The Morgan fingerprint density at radius 3 is 2.50 bits per heavy atom. The van der Waals surface area contributed by atoms with Crippen molar-refractivity contribution in [3.63, 3.8) is 0 Å². The van der Waals surface area contributed by atoms with Gasteiger partial charge in [0, 0.05) is 6.42 Å². The van der Waals surface area contributed by atoms with E-state index < -0.39 is 21.6 Å². The van der Waals surface area contributed by atoms with Crippen LogP contribution in [0.15, 0.2) is 29.2 Å². The van der Waals surface area contributed by atoms with E-state index in [-0.39, 0.29) is 23.5 Å². The Hall–Kier alpha value is -1.55. The first-order chi connectivity index (χ1) is 8.27. The predicted molar refractivity (Wildman–Crippen MR) is 58.3 cm³/mol. The predicted octanol–water partition coefficient (Wildman–Crippen LogP) is 2.78. The third-order valence-electron chi connectivity index (χ3n) is 2.22. The molecule has 0 bridgehead atoms. The molecule has 0 heterocycles. The molecule has 0 fully saturated rings. The molecular weight excluding hydrogens is 267 g/mol. The van der Waals surface area contributed by atoms with Gasteiger partial charge in [0.15, 0.2) is 9.84 Å². The van der Waals surface area contributed by atoms with Gasteiger partial charge in [0.2, 0.25) is 0 Å². The number of sulfone groups is 1. The molecular formula is C11H10F3NO2S. The van der Waals surface area contributed by atoms with Crippen molar-refractivity contribution in [2.24, 2.45) is 0 Å². The minimum absolute atomic E-state index is 0.0538. The third-order valence-corrected chi connectivity index (χ3v) is 4.02. The lowest BCUT2D eigenvalue weighted by Gasteiger charge is -2.08. The highest BCUT2D eigenvalue weighted by molar-refractivity contribution is 7.91. The van der Waals surface area contributed by atoms with Crippen molar-refractivity contribution in [1.82, 2.24) is 0 Å². The summed E-state index contributed by atoms with van der Waals surface area (Å²) < 4.78 is 60.7.